The topological polar surface area (TPSA) is 29.5 Å². The number of aliphatic hydroxyl groups is 1. The second-order valence-electron chi connectivity index (χ2n) is 4.61. The summed E-state index contributed by atoms with van der Waals surface area (Å²) in [5, 5.41) is 10.1. The van der Waals surface area contributed by atoms with Crippen LogP contribution in [0.4, 0.5) is 13.2 Å². The highest BCUT2D eigenvalue weighted by Crippen LogP contribution is 2.36. The summed E-state index contributed by atoms with van der Waals surface area (Å²) >= 11 is 0. The van der Waals surface area contributed by atoms with Crippen molar-refractivity contribution in [3.8, 4) is 5.75 Å². The molecule has 100 valence electrons. The molecule has 0 aliphatic heterocycles. The van der Waals surface area contributed by atoms with Crippen LogP contribution in [0.1, 0.15) is 37.4 Å². The first kappa shape index (κ1) is 13.2. The first-order valence-corrected chi connectivity index (χ1v) is 5.99. The van der Waals surface area contributed by atoms with Crippen molar-refractivity contribution in [1.29, 1.82) is 0 Å². The summed E-state index contributed by atoms with van der Waals surface area (Å²) in [4.78, 5) is 0. The van der Waals surface area contributed by atoms with Gasteiger partial charge in [0.15, 0.2) is 0 Å². The molecule has 1 atom stereocenters. The summed E-state index contributed by atoms with van der Waals surface area (Å²) in [6.07, 6.45) is -1.42. The molecule has 1 N–H and O–H groups in total. The van der Waals surface area contributed by atoms with E-state index in [0.717, 1.165) is 25.7 Å². The lowest BCUT2D eigenvalue weighted by Gasteiger charge is -2.19. The molecule has 1 aliphatic rings. The van der Waals surface area contributed by atoms with Gasteiger partial charge in [-0.1, -0.05) is 25.0 Å². The molecule has 1 aliphatic carbocycles. The van der Waals surface area contributed by atoms with Crippen molar-refractivity contribution in [1.82, 2.24) is 0 Å². The molecule has 1 aromatic carbocycles. The molecule has 5 heteroatoms. The summed E-state index contributed by atoms with van der Waals surface area (Å²) in [5.74, 6) is -0.136. The van der Waals surface area contributed by atoms with Crippen molar-refractivity contribution < 1.29 is 23.0 Å². The normalized spacial score (nSPS) is 18.9. The van der Waals surface area contributed by atoms with Gasteiger partial charge in [0, 0.05) is 0 Å². The number of alkyl halides is 3. The molecule has 1 fully saturated rings. The van der Waals surface area contributed by atoms with E-state index in [4.69, 9.17) is 0 Å². The predicted octanol–water partition coefficient (Wildman–Crippen LogP) is 3.81. The first-order chi connectivity index (χ1) is 8.46. The van der Waals surface area contributed by atoms with Gasteiger partial charge in [0.05, 0.1) is 6.10 Å². The van der Waals surface area contributed by atoms with E-state index in [0.29, 0.717) is 5.56 Å². The first-order valence-electron chi connectivity index (χ1n) is 5.99. The van der Waals surface area contributed by atoms with Gasteiger partial charge >= 0.3 is 6.36 Å². The highest BCUT2D eigenvalue weighted by atomic mass is 19.4. The monoisotopic (exact) mass is 260 g/mol. The van der Waals surface area contributed by atoms with Crippen LogP contribution in [0, 0.1) is 5.92 Å². The Hall–Kier alpha value is -1.23. The van der Waals surface area contributed by atoms with Crippen molar-refractivity contribution in [3.63, 3.8) is 0 Å². The minimum Gasteiger partial charge on any atom is -0.406 e. The van der Waals surface area contributed by atoms with E-state index in [2.05, 4.69) is 4.74 Å². The summed E-state index contributed by atoms with van der Waals surface area (Å²) in [6, 6.07) is 5.59. The quantitative estimate of drug-likeness (QED) is 0.895. The van der Waals surface area contributed by atoms with E-state index in [9.17, 15) is 18.3 Å². The van der Waals surface area contributed by atoms with E-state index in [-0.39, 0.29) is 11.7 Å². The lowest BCUT2D eigenvalue weighted by atomic mass is 9.94. The molecule has 0 saturated heterocycles. The molecule has 1 saturated carbocycles. The maximum absolute atomic E-state index is 12.1. The number of aliphatic hydroxyl groups excluding tert-OH is 1. The van der Waals surface area contributed by atoms with Crippen molar-refractivity contribution >= 4 is 0 Å². The summed E-state index contributed by atoms with van der Waals surface area (Å²) in [7, 11) is 0. The Balaban J connectivity index is 2.11. The van der Waals surface area contributed by atoms with Crippen LogP contribution in [0.5, 0.6) is 5.75 Å². The summed E-state index contributed by atoms with van der Waals surface area (Å²) < 4.78 is 40.1. The van der Waals surface area contributed by atoms with Gasteiger partial charge in [0.1, 0.15) is 5.75 Å². The van der Waals surface area contributed by atoms with Crippen LogP contribution in [-0.2, 0) is 0 Å². The molecule has 2 nitrogen and oxygen atoms in total. The zero-order chi connectivity index (χ0) is 13.2. The molecule has 0 heterocycles. The Morgan fingerprint density at radius 2 is 1.89 bits per heavy atom. The number of hydrogen-bond acceptors (Lipinski definition) is 2. The number of ether oxygens (including phenoxy) is 1. The molecule has 0 bridgehead atoms. The van der Waals surface area contributed by atoms with Crippen LogP contribution < -0.4 is 4.74 Å². The second-order valence-corrected chi connectivity index (χ2v) is 4.61. The third-order valence-electron chi connectivity index (χ3n) is 3.28. The maximum atomic E-state index is 12.1. The Morgan fingerprint density at radius 3 is 2.50 bits per heavy atom. The summed E-state index contributed by atoms with van der Waals surface area (Å²) in [6.45, 7) is 0. The van der Waals surface area contributed by atoms with E-state index in [1.165, 1.54) is 18.2 Å². The molecule has 18 heavy (non-hydrogen) atoms. The van der Waals surface area contributed by atoms with Gasteiger partial charge in [-0.15, -0.1) is 13.2 Å². The van der Waals surface area contributed by atoms with Crippen LogP contribution >= 0.6 is 0 Å². The van der Waals surface area contributed by atoms with Crippen LogP contribution in [0.25, 0.3) is 0 Å². The van der Waals surface area contributed by atoms with Crippen molar-refractivity contribution in [2.75, 3.05) is 0 Å². The maximum Gasteiger partial charge on any atom is 0.573 e. The zero-order valence-electron chi connectivity index (χ0n) is 9.78. The van der Waals surface area contributed by atoms with Gasteiger partial charge in [0.25, 0.3) is 0 Å². The van der Waals surface area contributed by atoms with E-state index in [1.807, 2.05) is 0 Å². The molecule has 0 radical (unpaired) electrons. The molecular weight excluding hydrogens is 245 g/mol. The number of benzene rings is 1. The van der Waals surface area contributed by atoms with Gasteiger partial charge in [-0.2, -0.15) is 0 Å². The van der Waals surface area contributed by atoms with E-state index in [1.54, 1.807) is 6.07 Å². The highest BCUT2D eigenvalue weighted by Gasteiger charge is 2.31. The lowest BCUT2D eigenvalue weighted by molar-refractivity contribution is -0.274. The van der Waals surface area contributed by atoms with Crippen LogP contribution in [-0.4, -0.2) is 11.5 Å². The second kappa shape index (κ2) is 5.18. The van der Waals surface area contributed by atoms with Gasteiger partial charge in [0.2, 0.25) is 0 Å². The lowest BCUT2D eigenvalue weighted by Crippen LogP contribution is -2.17. The van der Waals surface area contributed by atoms with Gasteiger partial charge < -0.3 is 9.84 Å². The third kappa shape index (κ3) is 3.38. The summed E-state index contributed by atoms with van der Waals surface area (Å²) in [5.41, 5.74) is 0.489. The Morgan fingerprint density at radius 1 is 1.22 bits per heavy atom. The standard InChI is InChI=1S/C13H15F3O2/c14-13(15,16)18-11-7-3-6-10(8-11)12(17)9-4-1-2-5-9/h3,6-9,12,17H,1-2,4-5H2. The molecular formula is C13H15F3O2. The number of rotatable bonds is 3. The third-order valence-corrected chi connectivity index (χ3v) is 3.28. The average molecular weight is 260 g/mol. The number of hydrogen-bond donors (Lipinski definition) is 1. The molecule has 0 aromatic heterocycles. The smallest absolute Gasteiger partial charge is 0.406 e. The van der Waals surface area contributed by atoms with Gasteiger partial charge in [-0.25, -0.2) is 0 Å². The fraction of sp³-hybridized carbons (Fsp3) is 0.538. The SMILES string of the molecule is OC(c1cccc(OC(F)(F)F)c1)C1CCCC1. The molecule has 0 amide bonds. The fourth-order valence-electron chi connectivity index (χ4n) is 2.44. The minimum absolute atomic E-state index is 0.145. The molecule has 2 rings (SSSR count). The van der Waals surface area contributed by atoms with E-state index < -0.39 is 12.5 Å². The largest absolute Gasteiger partial charge is 0.573 e. The Bertz CT molecular complexity index is 397. The van der Waals surface area contributed by atoms with Gasteiger partial charge in [-0.3, -0.25) is 0 Å². The number of halogens is 3. The highest BCUT2D eigenvalue weighted by molar-refractivity contribution is 5.30. The predicted molar refractivity (Wildman–Crippen MR) is 60.0 cm³/mol. The van der Waals surface area contributed by atoms with Crippen molar-refractivity contribution in [2.45, 2.75) is 38.1 Å². The molecule has 1 aromatic rings. The Labute approximate surface area is 103 Å². The van der Waals surface area contributed by atoms with Crippen LogP contribution in [0.2, 0.25) is 0 Å². The average Bonchev–Trinajstić information content (AvgIpc) is 2.79. The Kier molecular flexibility index (Phi) is 3.80. The fourth-order valence-corrected chi connectivity index (χ4v) is 2.44. The molecule has 1 unspecified atom stereocenters. The van der Waals surface area contributed by atoms with E-state index >= 15 is 0 Å². The minimum atomic E-state index is -4.70. The zero-order valence-corrected chi connectivity index (χ0v) is 9.78. The van der Waals surface area contributed by atoms with Crippen molar-refractivity contribution in [2.24, 2.45) is 5.92 Å². The van der Waals surface area contributed by atoms with Crippen LogP contribution in [0.3, 0.4) is 0 Å². The van der Waals surface area contributed by atoms with Gasteiger partial charge in [-0.05, 0) is 36.5 Å². The van der Waals surface area contributed by atoms with Crippen molar-refractivity contribution in [3.05, 3.63) is 29.8 Å². The van der Waals surface area contributed by atoms with Crippen LogP contribution in [0.15, 0.2) is 24.3 Å². The molecule has 0 spiro atoms.